The molecule has 1 saturated carbocycles. The molecule has 1 aromatic heterocycles. The van der Waals surface area contributed by atoms with Gasteiger partial charge in [-0.1, -0.05) is 44.2 Å². The van der Waals surface area contributed by atoms with Crippen molar-refractivity contribution >= 4 is 23.5 Å². The van der Waals surface area contributed by atoms with Gasteiger partial charge in [0.2, 0.25) is 5.91 Å². The van der Waals surface area contributed by atoms with E-state index in [-0.39, 0.29) is 42.4 Å². The molecule has 35 heavy (non-hydrogen) atoms. The largest absolute Gasteiger partial charge is 0.461 e. The van der Waals surface area contributed by atoms with E-state index in [2.05, 4.69) is 10.4 Å². The summed E-state index contributed by atoms with van der Waals surface area (Å²) in [7, 11) is 0. The van der Waals surface area contributed by atoms with E-state index >= 15 is 0 Å². The lowest BCUT2D eigenvalue weighted by Crippen LogP contribution is -2.65. The lowest BCUT2D eigenvalue weighted by atomic mass is 9.91. The maximum atomic E-state index is 13.9. The van der Waals surface area contributed by atoms with Gasteiger partial charge in [0.15, 0.2) is 5.69 Å². The van der Waals surface area contributed by atoms with Crippen LogP contribution in [0.3, 0.4) is 0 Å². The fourth-order valence-corrected chi connectivity index (χ4v) is 5.17. The van der Waals surface area contributed by atoms with E-state index in [1.54, 1.807) is 18.7 Å². The number of ether oxygens (including phenoxy) is 1. The molecule has 1 aliphatic carbocycles. The summed E-state index contributed by atoms with van der Waals surface area (Å²) in [5, 5.41) is 7.62. The highest BCUT2D eigenvalue weighted by Gasteiger charge is 2.50. The minimum absolute atomic E-state index is 0.0702. The zero-order valence-corrected chi connectivity index (χ0v) is 21.2. The number of aromatic nitrogens is 2. The number of nitrogens with one attached hydrogen (secondary N) is 1. The molecular formula is C27H36N4O4. The van der Waals surface area contributed by atoms with E-state index in [0.717, 1.165) is 36.8 Å². The molecule has 0 unspecified atom stereocenters. The van der Waals surface area contributed by atoms with Gasteiger partial charge < -0.3 is 10.1 Å². The first-order valence-electron chi connectivity index (χ1n) is 12.7. The van der Waals surface area contributed by atoms with Crippen molar-refractivity contribution in [3.63, 3.8) is 0 Å². The number of esters is 1. The number of nitrogens with zero attached hydrogens (tertiary/aromatic N) is 3. The lowest BCUT2D eigenvalue weighted by Gasteiger charge is -2.44. The summed E-state index contributed by atoms with van der Waals surface area (Å²) in [6, 6.07) is 7.44. The van der Waals surface area contributed by atoms with Crippen molar-refractivity contribution in [2.75, 3.05) is 11.5 Å². The second kappa shape index (κ2) is 10.2. The molecule has 2 amide bonds. The summed E-state index contributed by atoms with van der Waals surface area (Å²) in [4.78, 5) is 41.8. The van der Waals surface area contributed by atoms with Crippen LogP contribution in [-0.2, 0) is 16.1 Å². The third-order valence-corrected chi connectivity index (χ3v) is 7.17. The normalized spacial score (nSPS) is 21.1. The molecule has 1 N–H and O–H groups in total. The van der Waals surface area contributed by atoms with Crippen LogP contribution in [0.4, 0.5) is 5.69 Å². The minimum atomic E-state index is -1.22. The van der Waals surface area contributed by atoms with Crippen LogP contribution in [0.25, 0.3) is 0 Å². The third-order valence-electron chi connectivity index (χ3n) is 7.17. The van der Waals surface area contributed by atoms with E-state index in [1.165, 1.54) is 30.0 Å². The molecule has 188 valence electrons. The first kappa shape index (κ1) is 24.9. The Labute approximate surface area is 207 Å². The fraction of sp³-hybridized carbons (Fsp3) is 0.556. The first-order chi connectivity index (χ1) is 16.7. The molecule has 1 aliphatic heterocycles. The van der Waals surface area contributed by atoms with E-state index in [4.69, 9.17) is 4.74 Å². The van der Waals surface area contributed by atoms with Crippen molar-refractivity contribution in [3.05, 3.63) is 46.8 Å². The maximum Gasteiger partial charge on any atom is 0.358 e. The van der Waals surface area contributed by atoms with Crippen molar-refractivity contribution in [2.45, 2.75) is 90.8 Å². The molecule has 4 rings (SSSR count). The molecule has 0 spiro atoms. The van der Waals surface area contributed by atoms with Crippen molar-refractivity contribution < 1.29 is 19.1 Å². The Hall–Kier alpha value is -3.16. The number of hydrogen-bond donors (Lipinski definition) is 1. The second-order valence-electron chi connectivity index (χ2n) is 10.0. The van der Waals surface area contributed by atoms with Gasteiger partial charge in [0.25, 0.3) is 5.91 Å². The molecule has 2 aliphatic rings. The highest BCUT2D eigenvalue weighted by molar-refractivity contribution is 6.12. The van der Waals surface area contributed by atoms with Crippen LogP contribution >= 0.6 is 0 Å². The Balaban J connectivity index is 1.74. The van der Waals surface area contributed by atoms with E-state index in [0.29, 0.717) is 5.69 Å². The zero-order chi connectivity index (χ0) is 25.2. The van der Waals surface area contributed by atoms with Gasteiger partial charge in [0, 0.05) is 17.8 Å². The Morgan fingerprint density at radius 1 is 1.11 bits per heavy atom. The molecule has 2 aromatic rings. The predicted molar refractivity (Wildman–Crippen MR) is 134 cm³/mol. The molecule has 0 saturated heterocycles. The number of carbonyl (C=O) groups is 3. The molecule has 2 heterocycles. The quantitative estimate of drug-likeness (QED) is 0.643. The van der Waals surface area contributed by atoms with Crippen LogP contribution in [0.5, 0.6) is 0 Å². The predicted octanol–water partition coefficient (Wildman–Crippen LogP) is 4.32. The van der Waals surface area contributed by atoms with Crippen LogP contribution in [-0.4, -0.2) is 45.8 Å². The Morgan fingerprint density at radius 3 is 2.49 bits per heavy atom. The van der Waals surface area contributed by atoms with Gasteiger partial charge >= 0.3 is 5.97 Å². The number of rotatable bonds is 5. The summed E-state index contributed by atoms with van der Waals surface area (Å²) < 4.78 is 6.57. The molecular weight excluding hydrogens is 444 g/mol. The van der Waals surface area contributed by atoms with E-state index in [9.17, 15) is 14.4 Å². The summed E-state index contributed by atoms with van der Waals surface area (Å²) in [5.41, 5.74) is 1.70. The Bertz CT molecular complexity index is 1120. The zero-order valence-electron chi connectivity index (χ0n) is 21.2. The summed E-state index contributed by atoms with van der Waals surface area (Å²) in [5.74, 6) is -1.14. The molecule has 0 bridgehead atoms. The summed E-state index contributed by atoms with van der Waals surface area (Å²) in [6.45, 7) is 7.76. The third kappa shape index (κ3) is 4.97. The van der Waals surface area contributed by atoms with E-state index in [1.807, 2.05) is 32.0 Å². The van der Waals surface area contributed by atoms with Gasteiger partial charge in [0.05, 0.1) is 13.2 Å². The SMILES string of the molecule is CCOC(=O)c1cc2n(n1)C[C@](C)(C(=O)NC1CCCCCCC1)N(c1cc(C)ccc1C)C2=O. The van der Waals surface area contributed by atoms with Crippen LogP contribution in [0.2, 0.25) is 0 Å². The van der Waals surface area contributed by atoms with Gasteiger partial charge in [0.1, 0.15) is 11.2 Å². The standard InChI is InChI=1S/C27H36N4O4/c1-5-35-25(33)21-16-23-24(32)31(22-15-18(2)13-14-19(22)3)27(4,17-30(23)29-21)26(34)28-20-11-9-7-6-8-10-12-20/h13-16,20H,5-12,17H2,1-4H3,(H,28,34)/t27-/m1/s1. The fourth-order valence-electron chi connectivity index (χ4n) is 5.17. The number of fused-ring (bicyclic) bond motifs is 1. The van der Waals surface area contributed by atoms with Gasteiger partial charge in [-0.15, -0.1) is 0 Å². The van der Waals surface area contributed by atoms with Gasteiger partial charge in [-0.05, 0) is 57.7 Å². The highest BCUT2D eigenvalue weighted by Crippen LogP contribution is 2.35. The average Bonchev–Trinajstić information content (AvgIpc) is 3.22. The lowest BCUT2D eigenvalue weighted by molar-refractivity contribution is -0.127. The highest BCUT2D eigenvalue weighted by atomic mass is 16.5. The molecule has 1 fully saturated rings. The number of aryl methyl sites for hydroxylation is 2. The Morgan fingerprint density at radius 2 is 1.80 bits per heavy atom. The second-order valence-corrected chi connectivity index (χ2v) is 10.0. The smallest absolute Gasteiger partial charge is 0.358 e. The number of benzene rings is 1. The molecule has 8 nitrogen and oxygen atoms in total. The molecule has 1 atom stereocenters. The molecule has 8 heteroatoms. The number of hydrogen-bond acceptors (Lipinski definition) is 5. The van der Waals surface area contributed by atoms with Crippen LogP contribution in [0, 0.1) is 13.8 Å². The van der Waals surface area contributed by atoms with Gasteiger partial charge in [-0.25, -0.2) is 4.79 Å². The van der Waals surface area contributed by atoms with E-state index < -0.39 is 11.5 Å². The van der Waals surface area contributed by atoms with Crippen LogP contribution in [0.1, 0.15) is 90.9 Å². The summed E-state index contributed by atoms with van der Waals surface area (Å²) >= 11 is 0. The minimum Gasteiger partial charge on any atom is -0.461 e. The number of carbonyl (C=O) groups excluding carboxylic acids is 3. The first-order valence-corrected chi connectivity index (χ1v) is 12.7. The average molecular weight is 481 g/mol. The monoisotopic (exact) mass is 480 g/mol. The number of amides is 2. The Kier molecular flexibility index (Phi) is 7.28. The van der Waals surface area contributed by atoms with Crippen molar-refractivity contribution in [2.24, 2.45) is 0 Å². The van der Waals surface area contributed by atoms with Crippen molar-refractivity contribution in [3.8, 4) is 0 Å². The molecule has 1 aromatic carbocycles. The molecule has 0 radical (unpaired) electrons. The number of anilines is 1. The maximum absolute atomic E-state index is 13.9. The van der Waals surface area contributed by atoms with Gasteiger partial charge in [-0.2, -0.15) is 5.10 Å². The summed E-state index contributed by atoms with van der Waals surface area (Å²) in [6.07, 6.45) is 7.69. The topological polar surface area (TPSA) is 93.5 Å². The van der Waals surface area contributed by atoms with Crippen molar-refractivity contribution in [1.29, 1.82) is 0 Å². The van der Waals surface area contributed by atoms with Crippen molar-refractivity contribution in [1.82, 2.24) is 15.1 Å². The van der Waals surface area contributed by atoms with Gasteiger partial charge in [-0.3, -0.25) is 19.2 Å². The van der Waals surface area contributed by atoms with Crippen LogP contribution < -0.4 is 10.2 Å². The van der Waals surface area contributed by atoms with Crippen LogP contribution in [0.15, 0.2) is 24.3 Å².